The van der Waals surface area contributed by atoms with E-state index in [1.807, 2.05) is 12.1 Å². The standard InChI is InChI=1S/C22H28ClNO4/c1-26-20-8-4-17(5-9-20)13-24(15-22-3-2-12-27-22)14-19(25)16-28-21-10-6-18(23)7-11-21/h4-11,19,22,25H,2-3,12-16H2,1H3. The van der Waals surface area contributed by atoms with Crippen LogP contribution in [0.5, 0.6) is 11.5 Å². The lowest BCUT2D eigenvalue weighted by atomic mass is 10.1. The van der Waals surface area contributed by atoms with Gasteiger partial charge in [0.25, 0.3) is 0 Å². The van der Waals surface area contributed by atoms with Gasteiger partial charge in [-0.3, -0.25) is 4.90 Å². The van der Waals surface area contributed by atoms with Gasteiger partial charge in [0.15, 0.2) is 0 Å². The molecular formula is C22H28ClNO4. The molecule has 0 aromatic heterocycles. The molecule has 1 aliphatic rings. The van der Waals surface area contributed by atoms with Crippen LogP contribution in [0.3, 0.4) is 0 Å². The van der Waals surface area contributed by atoms with Gasteiger partial charge >= 0.3 is 0 Å². The van der Waals surface area contributed by atoms with Gasteiger partial charge in [0.2, 0.25) is 0 Å². The maximum atomic E-state index is 10.5. The summed E-state index contributed by atoms with van der Waals surface area (Å²) in [6.45, 7) is 3.10. The second kappa shape index (κ2) is 10.7. The van der Waals surface area contributed by atoms with Gasteiger partial charge in [-0.05, 0) is 54.8 Å². The molecule has 28 heavy (non-hydrogen) atoms. The molecule has 1 fully saturated rings. The molecule has 152 valence electrons. The van der Waals surface area contributed by atoms with Gasteiger partial charge in [0.05, 0.1) is 13.2 Å². The summed E-state index contributed by atoms with van der Waals surface area (Å²) in [6, 6.07) is 15.2. The van der Waals surface area contributed by atoms with Crippen molar-refractivity contribution in [2.45, 2.75) is 31.6 Å². The highest BCUT2D eigenvalue weighted by atomic mass is 35.5. The molecule has 0 amide bonds. The zero-order chi connectivity index (χ0) is 19.8. The number of ether oxygens (including phenoxy) is 3. The van der Waals surface area contributed by atoms with Crippen molar-refractivity contribution in [3.8, 4) is 11.5 Å². The summed E-state index contributed by atoms with van der Waals surface area (Å²) in [5.41, 5.74) is 1.17. The van der Waals surface area contributed by atoms with E-state index in [9.17, 15) is 5.11 Å². The second-order valence-corrected chi connectivity index (χ2v) is 7.53. The molecule has 1 aliphatic heterocycles. The average Bonchev–Trinajstić information content (AvgIpc) is 3.21. The van der Waals surface area contributed by atoms with Gasteiger partial charge in [-0.15, -0.1) is 0 Å². The lowest BCUT2D eigenvalue weighted by Gasteiger charge is -2.27. The van der Waals surface area contributed by atoms with Gasteiger partial charge in [-0.25, -0.2) is 0 Å². The summed E-state index contributed by atoms with van der Waals surface area (Å²) >= 11 is 5.89. The van der Waals surface area contributed by atoms with Crippen molar-refractivity contribution in [3.05, 3.63) is 59.1 Å². The van der Waals surface area contributed by atoms with Crippen molar-refractivity contribution in [1.82, 2.24) is 4.90 Å². The fraction of sp³-hybridized carbons (Fsp3) is 0.455. The number of hydrogen-bond donors (Lipinski definition) is 1. The van der Waals surface area contributed by atoms with Crippen LogP contribution < -0.4 is 9.47 Å². The Labute approximate surface area is 171 Å². The fourth-order valence-corrected chi connectivity index (χ4v) is 3.47. The number of methoxy groups -OCH3 is 1. The summed E-state index contributed by atoms with van der Waals surface area (Å²) in [6.07, 6.45) is 1.79. The fourth-order valence-electron chi connectivity index (χ4n) is 3.34. The molecule has 0 radical (unpaired) electrons. The number of nitrogens with zero attached hydrogens (tertiary/aromatic N) is 1. The van der Waals surface area contributed by atoms with E-state index in [0.29, 0.717) is 17.3 Å². The number of benzene rings is 2. The van der Waals surface area contributed by atoms with Crippen LogP contribution in [-0.2, 0) is 11.3 Å². The Balaban J connectivity index is 1.55. The minimum atomic E-state index is -0.602. The first kappa shape index (κ1) is 20.9. The summed E-state index contributed by atoms with van der Waals surface area (Å²) < 4.78 is 16.7. The second-order valence-electron chi connectivity index (χ2n) is 7.10. The van der Waals surface area contributed by atoms with Crippen LogP contribution in [-0.4, -0.2) is 55.6 Å². The van der Waals surface area contributed by atoms with E-state index in [4.69, 9.17) is 25.8 Å². The number of hydrogen-bond acceptors (Lipinski definition) is 5. The molecule has 2 aromatic rings. The molecule has 0 aliphatic carbocycles. The molecule has 2 atom stereocenters. The molecule has 0 spiro atoms. The predicted molar refractivity (Wildman–Crippen MR) is 110 cm³/mol. The van der Waals surface area contributed by atoms with Crippen LogP contribution in [0.1, 0.15) is 18.4 Å². The first-order valence-electron chi connectivity index (χ1n) is 9.65. The summed E-state index contributed by atoms with van der Waals surface area (Å²) in [4.78, 5) is 2.23. The highest BCUT2D eigenvalue weighted by Crippen LogP contribution is 2.18. The van der Waals surface area contributed by atoms with E-state index < -0.39 is 6.10 Å². The Bertz CT molecular complexity index is 701. The van der Waals surface area contributed by atoms with Crippen LogP contribution in [0.25, 0.3) is 0 Å². The maximum Gasteiger partial charge on any atom is 0.119 e. The zero-order valence-corrected chi connectivity index (χ0v) is 17.0. The van der Waals surface area contributed by atoms with Gasteiger partial charge in [-0.2, -0.15) is 0 Å². The third-order valence-corrected chi connectivity index (χ3v) is 5.03. The van der Waals surface area contributed by atoms with Crippen LogP contribution >= 0.6 is 11.6 Å². The van der Waals surface area contributed by atoms with Crippen molar-refractivity contribution in [2.24, 2.45) is 0 Å². The summed E-state index contributed by atoms with van der Waals surface area (Å²) in [5.74, 6) is 1.54. The maximum absolute atomic E-state index is 10.5. The van der Waals surface area contributed by atoms with E-state index in [2.05, 4.69) is 17.0 Å². The van der Waals surface area contributed by atoms with E-state index in [1.165, 1.54) is 5.56 Å². The Morgan fingerprint density at radius 1 is 1.14 bits per heavy atom. The summed E-state index contributed by atoms with van der Waals surface area (Å²) in [7, 11) is 1.66. The van der Waals surface area contributed by atoms with E-state index in [-0.39, 0.29) is 12.7 Å². The SMILES string of the molecule is COc1ccc(CN(CC(O)COc2ccc(Cl)cc2)CC2CCCO2)cc1. The number of rotatable bonds is 10. The van der Waals surface area contributed by atoms with Gasteiger partial charge < -0.3 is 19.3 Å². The lowest BCUT2D eigenvalue weighted by molar-refractivity contribution is 0.0313. The van der Waals surface area contributed by atoms with Crippen LogP contribution in [0.15, 0.2) is 48.5 Å². The van der Waals surface area contributed by atoms with E-state index >= 15 is 0 Å². The van der Waals surface area contributed by atoms with Crippen molar-refractivity contribution in [2.75, 3.05) is 33.4 Å². The quantitative estimate of drug-likeness (QED) is 0.652. The summed E-state index contributed by atoms with van der Waals surface area (Å²) in [5, 5.41) is 11.2. The van der Waals surface area contributed by atoms with Crippen molar-refractivity contribution in [1.29, 1.82) is 0 Å². The van der Waals surface area contributed by atoms with Gasteiger partial charge in [-0.1, -0.05) is 23.7 Å². The predicted octanol–water partition coefficient (Wildman–Crippen LogP) is 3.77. The molecule has 0 saturated carbocycles. The monoisotopic (exact) mass is 405 g/mol. The largest absolute Gasteiger partial charge is 0.497 e. The van der Waals surface area contributed by atoms with Crippen molar-refractivity contribution >= 4 is 11.6 Å². The first-order valence-corrected chi connectivity index (χ1v) is 10.0. The Kier molecular flexibility index (Phi) is 7.98. The van der Waals surface area contributed by atoms with E-state index in [0.717, 1.165) is 38.3 Å². The highest BCUT2D eigenvalue weighted by Gasteiger charge is 2.21. The van der Waals surface area contributed by atoms with Gasteiger partial charge in [0.1, 0.15) is 24.2 Å². The number of aliphatic hydroxyl groups excluding tert-OH is 1. The molecule has 3 rings (SSSR count). The highest BCUT2D eigenvalue weighted by molar-refractivity contribution is 6.30. The molecule has 5 nitrogen and oxygen atoms in total. The number of halogens is 1. The van der Waals surface area contributed by atoms with Crippen LogP contribution in [0, 0.1) is 0 Å². The minimum Gasteiger partial charge on any atom is -0.497 e. The Morgan fingerprint density at radius 3 is 2.50 bits per heavy atom. The lowest BCUT2D eigenvalue weighted by Crippen LogP contribution is -2.39. The molecule has 2 aromatic carbocycles. The Morgan fingerprint density at radius 2 is 1.86 bits per heavy atom. The Hall–Kier alpha value is -1.79. The average molecular weight is 406 g/mol. The van der Waals surface area contributed by atoms with Crippen LogP contribution in [0.4, 0.5) is 0 Å². The first-order chi connectivity index (χ1) is 13.6. The van der Waals surface area contributed by atoms with Crippen molar-refractivity contribution < 1.29 is 19.3 Å². The molecule has 2 unspecified atom stereocenters. The van der Waals surface area contributed by atoms with Crippen molar-refractivity contribution in [3.63, 3.8) is 0 Å². The molecule has 0 bridgehead atoms. The third-order valence-electron chi connectivity index (χ3n) is 4.78. The molecule has 1 saturated heterocycles. The molecule has 1 N–H and O–H groups in total. The topological polar surface area (TPSA) is 51.2 Å². The molecule has 6 heteroatoms. The molecular weight excluding hydrogens is 378 g/mol. The van der Waals surface area contributed by atoms with E-state index in [1.54, 1.807) is 31.4 Å². The molecule has 1 heterocycles. The smallest absolute Gasteiger partial charge is 0.119 e. The third kappa shape index (κ3) is 6.67. The zero-order valence-electron chi connectivity index (χ0n) is 16.2. The number of aliphatic hydroxyl groups is 1. The van der Waals surface area contributed by atoms with Gasteiger partial charge in [0, 0.05) is 31.3 Å². The van der Waals surface area contributed by atoms with Crippen LogP contribution in [0.2, 0.25) is 5.02 Å². The normalized spacial score (nSPS) is 17.6. The minimum absolute atomic E-state index is 0.225.